The second-order valence-electron chi connectivity index (χ2n) is 6.70. The van der Waals surface area contributed by atoms with E-state index in [0.717, 1.165) is 6.42 Å². The number of hydrogen-bond donors (Lipinski definition) is 0. The minimum absolute atomic E-state index is 0.230. The molecule has 0 N–H and O–H groups in total. The van der Waals surface area contributed by atoms with E-state index >= 15 is 0 Å². The van der Waals surface area contributed by atoms with Gasteiger partial charge in [-0.15, -0.1) is 0 Å². The number of rotatable bonds is 3. The van der Waals surface area contributed by atoms with E-state index in [0.29, 0.717) is 16.2 Å². The molecule has 0 aliphatic carbocycles. The molecule has 1 heterocycles. The summed E-state index contributed by atoms with van der Waals surface area (Å²) in [5.74, 6) is 0. The number of sulfone groups is 1. The van der Waals surface area contributed by atoms with Gasteiger partial charge in [0.05, 0.1) is 9.80 Å². The van der Waals surface area contributed by atoms with Crippen LogP contribution in [0, 0.1) is 0 Å². The van der Waals surface area contributed by atoms with Crippen molar-refractivity contribution in [3.63, 3.8) is 0 Å². The molecule has 1 aliphatic heterocycles. The SMILES string of the molecule is CC1/C=C\CC/C(S(=O)(=O)c2ccccc2)=C\N1[Si](C)(C)C. The van der Waals surface area contributed by atoms with Gasteiger partial charge in [0.15, 0.2) is 0 Å². The molecule has 22 heavy (non-hydrogen) atoms. The molecule has 0 aromatic heterocycles. The number of allylic oxidation sites excluding steroid dienone is 2. The summed E-state index contributed by atoms with van der Waals surface area (Å²) in [5.41, 5.74) is 0. The molecule has 1 aromatic carbocycles. The fourth-order valence-corrected chi connectivity index (χ4v) is 6.11. The minimum Gasteiger partial charge on any atom is -0.397 e. The van der Waals surface area contributed by atoms with Gasteiger partial charge >= 0.3 is 0 Å². The predicted octanol–water partition coefficient (Wildman–Crippen LogP) is 4.18. The molecule has 1 aliphatic rings. The van der Waals surface area contributed by atoms with Crippen LogP contribution in [0.4, 0.5) is 0 Å². The first-order valence-electron chi connectivity index (χ1n) is 7.69. The van der Waals surface area contributed by atoms with Crippen molar-refractivity contribution in [1.29, 1.82) is 0 Å². The first kappa shape index (κ1) is 17.0. The lowest BCUT2D eigenvalue weighted by atomic mass is 10.2. The predicted molar refractivity (Wildman–Crippen MR) is 94.7 cm³/mol. The highest BCUT2D eigenvalue weighted by molar-refractivity contribution is 7.95. The third-order valence-electron chi connectivity index (χ3n) is 3.87. The monoisotopic (exact) mass is 335 g/mol. The number of benzene rings is 1. The third-order valence-corrected chi connectivity index (χ3v) is 7.85. The van der Waals surface area contributed by atoms with E-state index in [1.165, 1.54) is 0 Å². The first-order chi connectivity index (χ1) is 10.2. The molecule has 120 valence electrons. The molecule has 0 spiro atoms. The fraction of sp³-hybridized carbons (Fsp3) is 0.412. The van der Waals surface area contributed by atoms with Crippen LogP contribution in [0.1, 0.15) is 19.8 Å². The molecule has 2 rings (SSSR count). The van der Waals surface area contributed by atoms with Gasteiger partial charge in [-0.25, -0.2) is 8.42 Å². The van der Waals surface area contributed by atoms with Crippen LogP contribution < -0.4 is 0 Å². The van der Waals surface area contributed by atoms with Crippen molar-refractivity contribution in [3.05, 3.63) is 53.6 Å². The molecule has 0 radical (unpaired) electrons. The second-order valence-corrected chi connectivity index (χ2v) is 13.6. The molecule has 0 fully saturated rings. The summed E-state index contributed by atoms with van der Waals surface area (Å²) in [7, 11) is -5.06. The lowest BCUT2D eigenvalue weighted by Gasteiger charge is -2.38. The molecule has 0 bridgehead atoms. The van der Waals surface area contributed by atoms with E-state index in [9.17, 15) is 8.42 Å². The van der Waals surface area contributed by atoms with Crippen LogP contribution in [0.25, 0.3) is 0 Å². The zero-order valence-corrected chi connectivity index (χ0v) is 15.6. The van der Waals surface area contributed by atoms with Gasteiger partial charge in [-0.3, -0.25) is 0 Å². The van der Waals surface area contributed by atoms with Crippen molar-refractivity contribution in [3.8, 4) is 0 Å². The zero-order valence-electron chi connectivity index (χ0n) is 13.8. The van der Waals surface area contributed by atoms with Gasteiger partial charge in [0.25, 0.3) is 0 Å². The van der Waals surface area contributed by atoms with Crippen LogP contribution in [-0.2, 0) is 9.84 Å². The summed E-state index contributed by atoms with van der Waals surface area (Å²) in [5, 5.41) is 0. The first-order valence-corrected chi connectivity index (χ1v) is 12.6. The molecule has 0 saturated heterocycles. The van der Waals surface area contributed by atoms with Crippen LogP contribution in [-0.4, -0.2) is 27.3 Å². The quantitative estimate of drug-likeness (QED) is 0.614. The van der Waals surface area contributed by atoms with Crippen molar-refractivity contribution in [2.75, 3.05) is 0 Å². The largest absolute Gasteiger partial charge is 0.397 e. The fourth-order valence-electron chi connectivity index (χ4n) is 2.71. The molecular formula is C17H25NO2SSi. The Balaban J connectivity index is 2.50. The molecule has 3 nitrogen and oxygen atoms in total. The normalized spacial score (nSPS) is 24.1. The van der Waals surface area contributed by atoms with E-state index in [2.05, 4.69) is 43.3 Å². The molecule has 0 saturated carbocycles. The van der Waals surface area contributed by atoms with Crippen LogP contribution in [0.2, 0.25) is 19.6 Å². The van der Waals surface area contributed by atoms with Gasteiger partial charge in [-0.1, -0.05) is 50.0 Å². The highest BCUT2D eigenvalue weighted by Crippen LogP contribution is 2.28. The van der Waals surface area contributed by atoms with Crippen molar-refractivity contribution in [2.24, 2.45) is 0 Å². The summed E-state index contributed by atoms with van der Waals surface area (Å²) >= 11 is 0. The van der Waals surface area contributed by atoms with E-state index in [4.69, 9.17) is 0 Å². The maximum Gasteiger partial charge on any atom is 0.204 e. The van der Waals surface area contributed by atoms with Crippen LogP contribution >= 0.6 is 0 Å². The minimum atomic E-state index is -3.41. The van der Waals surface area contributed by atoms with Crippen molar-refractivity contribution in [2.45, 2.75) is 50.3 Å². The Morgan fingerprint density at radius 3 is 2.36 bits per heavy atom. The smallest absolute Gasteiger partial charge is 0.204 e. The highest BCUT2D eigenvalue weighted by Gasteiger charge is 2.29. The Bertz CT molecular complexity index is 672. The topological polar surface area (TPSA) is 37.4 Å². The van der Waals surface area contributed by atoms with Gasteiger partial charge < -0.3 is 4.57 Å². The molecule has 5 heteroatoms. The lowest BCUT2D eigenvalue weighted by molar-refractivity contribution is 0.493. The summed E-state index contributed by atoms with van der Waals surface area (Å²) in [4.78, 5) is 0.909. The van der Waals surface area contributed by atoms with Crippen molar-refractivity contribution >= 4 is 18.1 Å². The Morgan fingerprint density at radius 1 is 1.14 bits per heavy atom. The van der Waals surface area contributed by atoms with Crippen LogP contribution in [0.3, 0.4) is 0 Å². The second kappa shape index (κ2) is 6.42. The molecular weight excluding hydrogens is 310 g/mol. The van der Waals surface area contributed by atoms with Gasteiger partial charge in [0.1, 0.15) is 8.24 Å². The maximum atomic E-state index is 12.9. The highest BCUT2D eigenvalue weighted by atomic mass is 32.2. The summed E-state index contributed by atoms with van der Waals surface area (Å²) in [6, 6.07) is 8.96. The van der Waals surface area contributed by atoms with Gasteiger partial charge in [0.2, 0.25) is 9.84 Å². The van der Waals surface area contributed by atoms with Crippen molar-refractivity contribution in [1.82, 2.24) is 4.57 Å². The zero-order chi connectivity index (χ0) is 16.4. The number of nitrogens with zero attached hydrogens (tertiary/aromatic N) is 1. The van der Waals surface area contributed by atoms with Gasteiger partial charge in [-0.2, -0.15) is 0 Å². The summed E-state index contributed by atoms with van der Waals surface area (Å²) < 4.78 is 28.1. The standard InChI is InChI=1S/C17H25NO2SSi/c1-15-10-8-9-13-17(14-18(15)22(2,3)4)21(19,20)16-11-6-5-7-12-16/h5-8,10-12,14-15H,9,13H2,1-4H3/b10-8-,17-14+. The third kappa shape index (κ3) is 3.70. The van der Waals surface area contributed by atoms with E-state index in [1.54, 1.807) is 24.3 Å². The molecule has 1 atom stereocenters. The number of hydrogen-bond acceptors (Lipinski definition) is 3. The average molecular weight is 336 g/mol. The van der Waals surface area contributed by atoms with Gasteiger partial charge in [-0.05, 0) is 31.9 Å². The Morgan fingerprint density at radius 2 is 1.77 bits per heavy atom. The molecule has 1 aromatic rings. The Labute approximate surface area is 135 Å². The molecule has 1 unspecified atom stereocenters. The van der Waals surface area contributed by atoms with E-state index in [-0.39, 0.29) is 6.04 Å². The van der Waals surface area contributed by atoms with Gasteiger partial charge in [0, 0.05) is 12.2 Å². The van der Waals surface area contributed by atoms with E-state index < -0.39 is 18.1 Å². The molecule has 0 amide bonds. The Hall–Kier alpha value is -1.33. The maximum absolute atomic E-state index is 12.9. The average Bonchev–Trinajstić information content (AvgIpc) is 2.42. The van der Waals surface area contributed by atoms with Crippen LogP contribution in [0.15, 0.2) is 58.5 Å². The summed E-state index contributed by atoms with van der Waals surface area (Å²) in [6.07, 6.45) is 7.51. The Kier molecular flexibility index (Phi) is 4.97. The van der Waals surface area contributed by atoms with E-state index in [1.807, 2.05) is 12.3 Å². The van der Waals surface area contributed by atoms with Crippen LogP contribution in [0.5, 0.6) is 0 Å². The van der Waals surface area contributed by atoms with Crippen molar-refractivity contribution < 1.29 is 8.42 Å². The lowest BCUT2D eigenvalue weighted by Crippen LogP contribution is -2.47. The summed E-state index contributed by atoms with van der Waals surface area (Å²) in [6.45, 7) is 8.84.